The molecule has 0 atom stereocenters. The number of hydrogen-bond acceptors (Lipinski definition) is 2. The van der Waals surface area contributed by atoms with Crippen molar-refractivity contribution in [2.24, 2.45) is 5.92 Å². The van der Waals surface area contributed by atoms with Gasteiger partial charge in [-0.15, -0.1) is 6.58 Å². The second-order valence-corrected chi connectivity index (χ2v) is 7.98. The third-order valence-electron chi connectivity index (χ3n) is 2.90. The predicted octanol–water partition coefficient (Wildman–Crippen LogP) is 4.44. The Morgan fingerprint density at radius 3 is 2.06 bits per heavy atom. The second-order valence-electron chi connectivity index (χ2n) is 4.88. The summed E-state index contributed by atoms with van der Waals surface area (Å²) < 4.78 is 11.7. The fraction of sp³-hybridized carbons (Fsp3) is 0.857. The van der Waals surface area contributed by atoms with Gasteiger partial charge in [0, 0.05) is 13.2 Å². The molecule has 0 saturated carbocycles. The van der Waals surface area contributed by atoms with Gasteiger partial charge in [-0.25, -0.2) is 0 Å². The minimum atomic E-state index is -2.08. The molecule has 17 heavy (non-hydrogen) atoms. The molecule has 0 aromatic carbocycles. The zero-order valence-corrected chi connectivity index (χ0v) is 13.1. The summed E-state index contributed by atoms with van der Waals surface area (Å²) in [4.78, 5) is 0. The van der Waals surface area contributed by atoms with Crippen molar-refractivity contribution in [1.29, 1.82) is 0 Å². The highest BCUT2D eigenvalue weighted by Crippen LogP contribution is 2.20. The Kier molecular flexibility index (Phi) is 9.79. The van der Waals surface area contributed by atoms with Gasteiger partial charge in [-0.2, -0.15) is 0 Å². The van der Waals surface area contributed by atoms with Crippen molar-refractivity contribution < 1.29 is 8.85 Å². The Balaban J connectivity index is 3.94. The standard InChI is InChI=1S/C14H30O2Si/c1-6-15-17(8-3,16-7-2)13-11-9-10-12-14(4)5/h8,14H,3,6-7,9-13H2,1-2,4-5H3. The van der Waals surface area contributed by atoms with Crippen molar-refractivity contribution in [3.8, 4) is 0 Å². The molecule has 0 aliphatic rings. The van der Waals surface area contributed by atoms with E-state index in [0.717, 1.165) is 25.2 Å². The van der Waals surface area contributed by atoms with Crippen LogP contribution in [0.1, 0.15) is 53.4 Å². The van der Waals surface area contributed by atoms with Gasteiger partial charge in [-0.1, -0.05) is 39.5 Å². The topological polar surface area (TPSA) is 18.5 Å². The molecule has 0 fully saturated rings. The van der Waals surface area contributed by atoms with Gasteiger partial charge in [-0.05, 0) is 31.5 Å². The molecule has 0 unspecified atom stereocenters. The Morgan fingerprint density at radius 1 is 1.06 bits per heavy atom. The molecule has 0 spiro atoms. The van der Waals surface area contributed by atoms with E-state index in [4.69, 9.17) is 8.85 Å². The highest BCUT2D eigenvalue weighted by atomic mass is 28.4. The van der Waals surface area contributed by atoms with Crippen LogP contribution in [0, 0.1) is 5.92 Å². The molecule has 0 aromatic heterocycles. The van der Waals surface area contributed by atoms with Gasteiger partial charge >= 0.3 is 8.56 Å². The van der Waals surface area contributed by atoms with Crippen LogP contribution in [-0.2, 0) is 8.85 Å². The maximum Gasteiger partial charge on any atom is 0.364 e. The van der Waals surface area contributed by atoms with Crippen molar-refractivity contribution in [2.75, 3.05) is 13.2 Å². The average Bonchev–Trinajstić information content (AvgIpc) is 2.28. The quantitative estimate of drug-likeness (QED) is 0.403. The van der Waals surface area contributed by atoms with Crippen molar-refractivity contribution >= 4 is 8.56 Å². The third-order valence-corrected chi connectivity index (χ3v) is 6.12. The fourth-order valence-corrected chi connectivity index (χ4v) is 4.53. The zero-order chi connectivity index (χ0) is 13.1. The van der Waals surface area contributed by atoms with E-state index in [1.54, 1.807) is 0 Å². The summed E-state index contributed by atoms with van der Waals surface area (Å²) in [5, 5.41) is 0. The minimum absolute atomic E-state index is 0.726. The highest BCUT2D eigenvalue weighted by molar-refractivity contribution is 6.72. The van der Waals surface area contributed by atoms with Crippen LogP contribution >= 0.6 is 0 Å². The van der Waals surface area contributed by atoms with Crippen LogP contribution in [0.3, 0.4) is 0 Å². The maximum atomic E-state index is 5.85. The van der Waals surface area contributed by atoms with Crippen LogP contribution in [-0.4, -0.2) is 21.8 Å². The molecule has 3 heteroatoms. The van der Waals surface area contributed by atoms with Gasteiger partial charge in [0.2, 0.25) is 0 Å². The summed E-state index contributed by atoms with van der Waals surface area (Å²) in [6.07, 6.45) is 5.12. The number of hydrogen-bond donors (Lipinski definition) is 0. The van der Waals surface area contributed by atoms with Crippen LogP contribution < -0.4 is 0 Å². The predicted molar refractivity (Wildman–Crippen MR) is 77.3 cm³/mol. The Hall–Kier alpha value is -0.123. The molecule has 102 valence electrons. The van der Waals surface area contributed by atoms with Gasteiger partial charge in [0.25, 0.3) is 0 Å². The molecule has 0 rings (SSSR count). The summed E-state index contributed by atoms with van der Waals surface area (Å²) in [5.41, 5.74) is 1.95. The highest BCUT2D eigenvalue weighted by Gasteiger charge is 2.32. The van der Waals surface area contributed by atoms with Gasteiger partial charge in [0.1, 0.15) is 0 Å². The molecule has 0 aliphatic carbocycles. The Morgan fingerprint density at radius 2 is 1.65 bits per heavy atom. The molecule has 2 nitrogen and oxygen atoms in total. The molecule has 0 saturated heterocycles. The summed E-state index contributed by atoms with van der Waals surface area (Å²) in [6, 6.07) is 1.05. The first-order valence-corrected chi connectivity index (χ1v) is 9.11. The van der Waals surface area contributed by atoms with E-state index in [1.165, 1.54) is 25.7 Å². The molecule has 0 aromatic rings. The van der Waals surface area contributed by atoms with Gasteiger partial charge < -0.3 is 8.85 Å². The first-order chi connectivity index (χ1) is 8.10. The van der Waals surface area contributed by atoms with Crippen molar-refractivity contribution in [3.63, 3.8) is 0 Å². The lowest BCUT2D eigenvalue weighted by atomic mass is 10.1. The molecular formula is C14H30O2Si. The zero-order valence-electron chi connectivity index (χ0n) is 12.1. The fourth-order valence-electron chi connectivity index (χ4n) is 2.00. The summed E-state index contributed by atoms with van der Waals surface area (Å²) in [5.74, 6) is 0.815. The van der Waals surface area contributed by atoms with Crippen molar-refractivity contribution in [1.82, 2.24) is 0 Å². The lowest BCUT2D eigenvalue weighted by Gasteiger charge is -2.26. The van der Waals surface area contributed by atoms with Crippen LogP contribution in [0.2, 0.25) is 6.04 Å². The van der Waals surface area contributed by atoms with Gasteiger partial charge in [-0.3, -0.25) is 0 Å². The molecule has 0 bridgehead atoms. The lowest BCUT2D eigenvalue weighted by Crippen LogP contribution is -2.40. The normalized spacial score (nSPS) is 12.1. The summed E-state index contributed by atoms with van der Waals surface area (Å²) in [7, 11) is -2.08. The largest absolute Gasteiger partial charge is 0.392 e. The van der Waals surface area contributed by atoms with Crippen LogP contribution in [0.4, 0.5) is 0 Å². The molecule has 0 N–H and O–H groups in total. The SMILES string of the molecule is C=C[Si](CCCCCC(C)C)(OCC)OCC. The van der Waals surface area contributed by atoms with Crippen LogP contribution in [0.15, 0.2) is 12.3 Å². The van der Waals surface area contributed by atoms with Crippen LogP contribution in [0.25, 0.3) is 0 Å². The molecule has 0 radical (unpaired) electrons. The number of unbranched alkanes of at least 4 members (excludes halogenated alkanes) is 2. The Labute approximate surface area is 109 Å². The summed E-state index contributed by atoms with van der Waals surface area (Å²) >= 11 is 0. The van der Waals surface area contributed by atoms with E-state index in [9.17, 15) is 0 Å². The monoisotopic (exact) mass is 258 g/mol. The second kappa shape index (κ2) is 9.86. The maximum absolute atomic E-state index is 5.85. The minimum Gasteiger partial charge on any atom is -0.392 e. The Bertz CT molecular complexity index is 187. The van der Waals surface area contributed by atoms with Gasteiger partial charge in [0.15, 0.2) is 0 Å². The van der Waals surface area contributed by atoms with E-state index < -0.39 is 8.56 Å². The third kappa shape index (κ3) is 7.74. The van der Waals surface area contributed by atoms with Crippen molar-refractivity contribution in [2.45, 2.75) is 59.4 Å². The molecular weight excluding hydrogens is 228 g/mol. The smallest absolute Gasteiger partial charge is 0.364 e. The molecule has 0 heterocycles. The number of rotatable bonds is 11. The van der Waals surface area contributed by atoms with E-state index in [2.05, 4.69) is 20.4 Å². The first-order valence-electron chi connectivity index (χ1n) is 7.01. The lowest BCUT2D eigenvalue weighted by molar-refractivity contribution is 0.193. The molecule has 0 amide bonds. The van der Waals surface area contributed by atoms with E-state index in [0.29, 0.717) is 0 Å². The van der Waals surface area contributed by atoms with Gasteiger partial charge in [0.05, 0.1) is 0 Å². The molecule has 0 aliphatic heterocycles. The average molecular weight is 258 g/mol. The van der Waals surface area contributed by atoms with E-state index in [-0.39, 0.29) is 0 Å². The first kappa shape index (κ1) is 16.9. The van der Waals surface area contributed by atoms with E-state index in [1.807, 2.05) is 19.5 Å². The van der Waals surface area contributed by atoms with E-state index >= 15 is 0 Å². The summed E-state index contributed by atoms with van der Waals surface area (Å²) in [6.45, 7) is 14.0. The van der Waals surface area contributed by atoms with Crippen LogP contribution in [0.5, 0.6) is 0 Å². The van der Waals surface area contributed by atoms with Crippen molar-refractivity contribution in [3.05, 3.63) is 12.3 Å².